The first-order valence-corrected chi connectivity index (χ1v) is 10.2. The number of hydrogen-bond donors (Lipinski definition) is 2. The van der Waals surface area contributed by atoms with Gasteiger partial charge in [-0.15, -0.1) is 0 Å². The van der Waals surface area contributed by atoms with Crippen LogP contribution in [0.4, 0.5) is 17.1 Å². The minimum Gasteiger partial charge on any atom is -0.323 e. The highest BCUT2D eigenvalue weighted by molar-refractivity contribution is 6.15. The maximum atomic E-state index is 13.0. The van der Waals surface area contributed by atoms with Crippen molar-refractivity contribution in [1.29, 1.82) is 0 Å². The van der Waals surface area contributed by atoms with Crippen molar-refractivity contribution in [3.05, 3.63) is 96.4 Å². The number of nitrogens with one attached hydrogen (secondary N) is 2. The molecule has 0 saturated heterocycles. The molecule has 9 heteroatoms. The highest BCUT2D eigenvalue weighted by Gasteiger charge is 2.27. The summed E-state index contributed by atoms with van der Waals surface area (Å²) in [5, 5.41) is 9.66. The average Bonchev–Trinajstić information content (AvgIpc) is 3.39. The van der Waals surface area contributed by atoms with Crippen LogP contribution >= 0.6 is 0 Å². The fourth-order valence-electron chi connectivity index (χ4n) is 3.53. The maximum absolute atomic E-state index is 13.0. The van der Waals surface area contributed by atoms with Gasteiger partial charge in [-0.05, 0) is 54.6 Å². The van der Waals surface area contributed by atoms with Crippen molar-refractivity contribution in [3.8, 4) is 5.82 Å². The van der Waals surface area contributed by atoms with Crippen molar-refractivity contribution in [2.24, 2.45) is 0 Å². The number of carbonyl (C=O) groups excluding carboxylic acids is 3. The molecule has 3 heterocycles. The molecule has 0 aliphatic carbocycles. The predicted octanol–water partition coefficient (Wildman–Crippen LogP) is 3.12. The van der Waals surface area contributed by atoms with Gasteiger partial charge in [0.1, 0.15) is 6.54 Å². The fraction of sp³-hybridized carbons (Fsp3) is 0.0417. The minimum absolute atomic E-state index is 0.0597. The number of pyridine rings is 1. The first kappa shape index (κ1) is 20.1. The van der Waals surface area contributed by atoms with Gasteiger partial charge in [-0.2, -0.15) is 5.10 Å². The Labute approximate surface area is 188 Å². The molecule has 0 radical (unpaired) electrons. The van der Waals surface area contributed by atoms with Gasteiger partial charge in [0.2, 0.25) is 5.91 Å². The van der Waals surface area contributed by atoms with Gasteiger partial charge in [-0.25, -0.2) is 9.67 Å². The van der Waals surface area contributed by atoms with Crippen LogP contribution in [0, 0.1) is 0 Å². The molecular formula is C24H18N6O3. The number of amides is 3. The van der Waals surface area contributed by atoms with Crippen LogP contribution in [0.5, 0.6) is 0 Å². The molecule has 2 N–H and O–H groups in total. The number of fused-ring (bicyclic) bond motifs is 1. The predicted molar refractivity (Wildman–Crippen MR) is 123 cm³/mol. The highest BCUT2D eigenvalue weighted by atomic mass is 16.2. The molecule has 0 atom stereocenters. The van der Waals surface area contributed by atoms with Crippen molar-refractivity contribution in [2.45, 2.75) is 0 Å². The van der Waals surface area contributed by atoms with E-state index in [0.717, 1.165) is 0 Å². The first-order chi connectivity index (χ1) is 16.1. The molecule has 5 rings (SSSR count). The minimum atomic E-state index is -0.324. The monoisotopic (exact) mass is 438 g/mol. The highest BCUT2D eigenvalue weighted by Crippen LogP contribution is 2.30. The molecular weight excluding hydrogens is 420 g/mol. The summed E-state index contributed by atoms with van der Waals surface area (Å²) in [6.45, 7) is -0.0597. The molecule has 2 aromatic carbocycles. The molecule has 2 aromatic heterocycles. The molecule has 33 heavy (non-hydrogen) atoms. The standard InChI is InChI=1S/C24H18N6O3/c31-22-15-29(20-5-2-1-4-19(20)28-22)24(33)16-6-9-18(10-7-16)27-23(32)17-8-11-21(25-14-17)30-13-3-12-26-30/h1-14H,15H2,(H,27,32)(H,28,31). The van der Waals surface area contributed by atoms with Gasteiger partial charge in [0.05, 0.1) is 16.9 Å². The van der Waals surface area contributed by atoms with Crippen molar-refractivity contribution in [2.75, 3.05) is 22.1 Å². The summed E-state index contributed by atoms with van der Waals surface area (Å²) in [4.78, 5) is 43.3. The Bertz CT molecular complexity index is 1330. The molecule has 0 spiro atoms. The van der Waals surface area contributed by atoms with Crippen molar-refractivity contribution in [1.82, 2.24) is 14.8 Å². The van der Waals surface area contributed by atoms with Crippen LogP contribution in [-0.2, 0) is 4.79 Å². The second kappa shape index (κ2) is 8.39. The van der Waals surface area contributed by atoms with Gasteiger partial charge in [0, 0.05) is 29.8 Å². The number of hydrogen-bond acceptors (Lipinski definition) is 5. The number of rotatable bonds is 4. The summed E-state index contributed by atoms with van der Waals surface area (Å²) in [6.07, 6.45) is 4.89. The normalized spacial score (nSPS) is 12.6. The summed E-state index contributed by atoms with van der Waals surface area (Å²) in [7, 11) is 0. The first-order valence-electron chi connectivity index (χ1n) is 10.2. The molecule has 0 fully saturated rings. The Kier molecular flexibility index (Phi) is 5.12. The fourth-order valence-corrected chi connectivity index (χ4v) is 3.53. The van der Waals surface area contributed by atoms with E-state index in [1.807, 2.05) is 6.07 Å². The molecule has 3 amide bonds. The molecule has 0 unspecified atom stereocenters. The zero-order valence-corrected chi connectivity index (χ0v) is 17.3. The van der Waals surface area contributed by atoms with Crippen LogP contribution in [0.15, 0.2) is 85.3 Å². The second-order valence-corrected chi connectivity index (χ2v) is 7.34. The summed E-state index contributed by atoms with van der Waals surface area (Å²) in [5.41, 5.74) is 2.57. The average molecular weight is 438 g/mol. The van der Waals surface area contributed by atoms with Gasteiger partial charge >= 0.3 is 0 Å². The Balaban J connectivity index is 1.28. The summed E-state index contributed by atoms with van der Waals surface area (Å²) in [6, 6.07) is 18.8. The number of anilines is 3. The molecule has 0 saturated carbocycles. The smallest absolute Gasteiger partial charge is 0.258 e. The molecule has 1 aliphatic rings. The Morgan fingerprint density at radius 3 is 2.45 bits per heavy atom. The largest absolute Gasteiger partial charge is 0.323 e. The van der Waals surface area contributed by atoms with E-state index < -0.39 is 0 Å². The lowest BCUT2D eigenvalue weighted by atomic mass is 10.1. The Hall–Kier alpha value is -4.79. The lowest BCUT2D eigenvalue weighted by molar-refractivity contribution is -0.115. The topological polar surface area (TPSA) is 109 Å². The van der Waals surface area contributed by atoms with E-state index in [1.165, 1.54) is 11.1 Å². The summed E-state index contributed by atoms with van der Waals surface area (Å²) < 4.78 is 1.60. The van der Waals surface area contributed by atoms with Crippen LogP contribution in [0.3, 0.4) is 0 Å². The summed E-state index contributed by atoms with van der Waals surface area (Å²) >= 11 is 0. The lowest BCUT2D eigenvalue weighted by Crippen LogP contribution is -2.42. The van der Waals surface area contributed by atoms with Crippen LogP contribution < -0.4 is 15.5 Å². The van der Waals surface area contributed by atoms with Crippen molar-refractivity contribution < 1.29 is 14.4 Å². The van der Waals surface area contributed by atoms with Gasteiger partial charge in [0.25, 0.3) is 11.8 Å². The third kappa shape index (κ3) is 4.07. The van der Waals surface area contributed by atoms with E-state index in [9.17, 15) is 14.4 Å². The molecule has 0 bridgehead atoms. The Morgan fingerprint density at radius 1 is 0.939 bits per heavy atom. The van der Waals surface area contributed by atoms with Crippen LogP contribution in [0.25, 0.3) is 5.82 Å². The third-order valence-corrected chi connectivity index (χ3v) is 5.15. The van der Waals surface area contributed by atoms with Crippen LogP contribution in [0.1, 0.15) is 20.7 Å². The lowest BCUT2D eigenvalue weighted by Gasteiger charge is -2.29. The van der Waals surface area contributed by atoms with Gasteiger partial charge < -0.3 is 10.6 Å². The zero-order valence-electron chi connectivity index (χ0n) is 17.3. The van der Waals surface area contributed by atoms with E-state index in [1.54, 1.807) is 77.7 Å². The second-order valence-electron chi connectivity index (χ2n) is 7.34. The van der Waals surface area contributed by atoms with E-state index in [0.29, 0.717) is 34.0 Å². The van der Waals surface area contributed by atoms with E-state index >= 15 is 0 Å². The Morgan fingerprint density at radius 2 is 1.73 bits per heavy atom. The summed E-state index contributed by atoms with van der Waals surface area (Å²) in [5.74, 6) is -0.269. The number of carbonyl (C=O) groups is 3. The zero-order chi connectivity index (χ0) is 22.8. The van der Waals surface area contributed by atoms with Gasteiger partial charge in [-0.1, -0.05) is 12.1 Å². The van der Waals surface area contributed by atoms with Crippen molar-refractivity contribution >= 4 is 34.8 Å². The third-order valence-electron chi connectivity index (χ3n) is 5.15. The number of aromatic nitrogens is 3. The maximum Gasteiger partial charge on any atom is 0.258 e. The van der Waals surface area contributed by atoms with Crippen LogP contribution in [0.2, 0.25) is 0 Å². The van der Waals surface area contributed by atoms with Crippen molar-refractivity contribution in [3.63, 3.8) is 0 Å². The van der Waals surface area contributed by atoms with Gasteiger partial charge in [0.15, 0.2) is 5.82 Å². The van der Waals surface area contributed by atoms with E-state index in [-0.39, 0.29) is 24.3 Å². The van der Waals surface area contributed by atoms with Crippen LogP contribution in [-0.4, -0.2) is 39.0 Å². The van der Waals surface area contributed by atoms with E-state index in [2.05, 4.69) is 20.7 Å². The molecule has 9 nitrogen and oxygen atoms in total. The SMILES string of the molecule is O=C1CN(C(=O)c2ccc(NC(=O)c3ccc(-n4cccn4)nc3)cc2)c2ccccc2N1. The van der Waals surface area contributed by atoms with Gasteiger partial charge in [-0.3, -0.25) is 19.3 Å². The quantitative estimate of drug-likeness (QED) is 0.509. The number of nitrogens with zero attached hydrogens (tertiary/aromatic N) is 4. The number of para-hydroxylation sites is 2. The molecule has 1 aliphatic heterocycles. The molecule has 162 valence electrons. The molecule has 4 aromatic rings. The van der Waals surface area contributed by atoms with E-state index in [4.69, 9.17) is 0 Å². The number of benzene rings is 2.